The fraction of sp³-hybridized carbons (Fsp3) is 0.875. The van der Waals surface area contributed by atoms with Crippen LogP contribution in [0.4, 0.5) is 0 Å². The van der Waals surface area contributed by atoms with Crippen molar-refractivity contribution >= 4 is 6.29 Å². The molecule has 1 saturated carbocycles. The summed E-state index contributed by atoms with van der Waals surface area (Å²) in [6.45, 7) is 0. The maximum absolute atomic E-state index is 10.5. The molecule has 64 valence electrons. The number of carbonyl (C=O) groups excluding carboxylic acids is 1. The molecule has 0 spiro atoms. The van der Waals surface area contributed by atoms with E-state index in [0.29, 0.717) is 6.10 Å². The van der Waals surface area contributed by atoms with Crippen LogP contribution in [0, 0.1) is 0 Å². The van der Waals surface area contributed by atoms with Crippen LogP contribution in [0.3, 0.4) is 0 Å². The van der Waals surface area contributed by atoms with E-state index in [1.165, 1.54) is 0 Å². The van der Waals surface area contributed by atoms with Crippen LogP contribution in [0.2, 0.25) is 0 Å². The highest BCUT2D eigenvalue weighted by Crippen LogP contribution is 2.25. The lowest BCUT2D eigenvalue weighted by Crippen LogP contribution is -2.46. The Morgan fingerprint density at radius 1 is 1.55 bits per heavy atom. The van der Waals surface area contributed by atoms with Crippen LogP contribution in [0.1, 0.15) is 25.7 Å². The van der Waals surface area contributed by atoms with Crippen LogP contribution in [-0.4, -0.2) is 25.0 Å². The third-order valence-electron chi connectivity index (χ3n) is 2.43. The molecule has 0 heterocycles. The van der Waals surface area contributed by atoms with Crippen molar-refractivity contribution in [1.29, 1.82) is 0 Å². The van der Waals surface area contributed by atoms with Gasteiger partial charge in [-0.2, -0.15) is 0 Å². The SMILES string of the molecule is COC1CCC(N)(C=O)CC1. The monoisotopic (exact) mass is 157 g/mol. The smallest absolute Gasteiger partial charge is 0.139 e. The van der Waals surface area contributed by atoms with E-state index in [4.69, 9.17) is 10.5 Å². The van der Waals surface area contributed by atoms with Crippen molar-refractivity contribution in [2.45, 2.75) is 37.3 Å². The van der Waals surface area contributed by atoms with Crippen LogP contribution in [0.15, 0.2) is 0 Å². The van der Waals surface area contributed by atoms with E-state index in [-0.39, 0.29) is 0 Å². The van der Waals surface area contributed by atoms with Crippen molar-refractivity contribution in [2.24, 2.45) is 5.73 Å². The molecule has 0 amide bonds. The summed E-state index contributed by atoms with van der Waals surface area (Å²) in [5.74, 6) is 0. The number of hydrogen-bond acceptors (Lipinski definition) is 3. The highest BCUT2D eigenvalue weighted by molar-refractivity contribution is 5.63. The van der Waals surface area contributed by atoms with Gasteiger partial charge in [-0.25, -0.2) is 0 Å². The standard InChI is InChI=1S/C8H15NO2/c1-11-7-2-4-8(9,6-10)5-3-7/h6-7H,2-5,9H2,1H3. The van der Waals surface area contributed by atoms with Gasteiger partial charge in [-0.05, 0) is 25.7 Å². The average Bonchev–Trinajstić information content (AvgIpc) is 2.06. The normalized spacial score (nSPS) is 38.5. The molecule has 0 aromatic rings. The number of rotatable bonds is 2. The van der Waals surface area contributed by atoms with E-state index in [1.807, 2.05) is 0 Å². The summed E-state index contributed by atoms with van der Waals surface area (Å²) in [5.41, 5.74) is 5.19. The van der Waals surface area contributed by atoms with Gasteiger partial charge in [-0.15, -0.1) is 0 Å². The second-order valence-electron chi connectivity index (χ2n) is 3.29. The molecule has 0 saturated heterocycles. The highest BCUT2D eigenvalue weighted by atomic mass is 16.5. The lowest BCUT2D eigenvalue weighted by atomic mass is 9.82. The van der Waals surface area contributed by atoms with Crippen LogP contribution in [-0.2, 0) is 9.53 Å². The molecule has 0 bridgehead atoms. The van der Waals surface area contributed by atoms with E-state index in [2.05, 4.69) is 0 Å². The number of ether oxygens (including phenoxy) is 1. The maximum Gasteiger partial charge on any atom is 0.139 e. The number of aldehydes is 1. The first-order chi connectivity index (χ1) is 5.20. The molecule has 3 nitrogen and oxygen atoms in total. The average molecular weight is 157 g/mol. The summed E-state index contributed by atoms with van der Waals surface area (Å²) in [6.07, 6.45) is 4.52. The van der Waals surface area contributed by atoms with Crippen LogP contribution < -0.4 is 5.73 Å². The maximum atomic E-state index is 10.5. The minimum Gasteiger partial charge on any atom is -0.381 e. The summed E-state index contributed by atoms with van der Waals surface area (Å²) >= 11 is 0. The molecule has 3 heteroatoms. The Balaban J connectivity index is 2.41. The molecule has 0 aromatic carbocycles. The van der Waals surface area contributed by atoms with Gasteiger partial charge in [0.15, 0.2) is 0 Å². The Kier molecular flexibility index (Phi) is 2.62. The molecule has 0 atom stereocenters. The molecule has 0 aliphatic heterocycles. The number of nitrogens with two attached hydrogens (primary N) is 1. The van der Waals surface area contributed by atoms with E-state index >= 15 is 0 Å². The van der Waals surface area contributed by atoms with Gasteiger partial charge >= 0.3 is 0 Å². The van der Waals surface area contributed by atoms with Crippen LogP contribution in [0.5, 0.6) is 0 Å². The highest BCUT2D eigenvalue weighted by Gasteiger charge is 2.30. The zero-order valence-corrected chi connectivity index (χ0v) is 6.88. The minimum atomic E-state index is -0.560. The lowest BCUT2D eigenvalue weighted by molar-refractivity contribution is -0.114. The van der Waals surface area contributed by atoms with Crippen molar-refractivity contribution in [3.63, 3.8) is 0 Å². The zero-order chi connectivity index (χ0) is 8.32. The number of hydrogen-bond donors (Lipinski definition) is 1. The van der Waals surface area contributed by atoms with Gasteiger partial charge in [0.25, 0.3) is 0 Å². The molecule has 1 aliphatic carbocycles. The predicted molar refractivity (Wildman–Crippen MR) is 42.2 cm³/mol. The topological polar surface area (TPSA) is 52.3 Å². The third kappa shape index (κ3) is 2.01. The number of methoxy groups -OCH3 is 1. The van der Waals surface area contributed by atoms with Crippen molar-refractivity contribution in [3.8, 4) is 0 Å². The van der Waals surface area contributed by atoms with Crippen molar-refractivity contribution in [2.75, 3.05) is 7.11 Å². The zero-order valence-electron chi connectivity index (χ0n) is 6.88. The van der Waals surface area contributed by atoms with Crippen molar-refractivity contribution < 1.29 is 9.53 Å². The van der Waals surface area contributed by atoms with Crippen molar-refractivity contribution in [3.05, 3.63) is 0 Å². The van der Waals surface area contributed by atoms with Gasteiger partial charge in [-0.1, -0.05) is 0 Å². The third-order valence-corrected chi connectivity index (χ3v) is 2.43. The molecular formula is C8H15NO2. The number of carbonyl (C=O) groups is 1. The second-order valence-corrected chi connectivity index (χ2v) is 3.29. The van der Waals surface area contributed by atoms with Gasteiger partial charge in [0.05, 0.1) is 11.6 Å². The first-order valence-electron chi connectivity index (χ1n) is 3.98. The minimum absolute atomic E-state index is 0.312. The summed E-state index contributed by atoms with van der Waals surface area (Å²) < 4.78 is 5.16. The van der Waals surface area contributed by atoms with Gasteiger partial charge < -0.3 is 15.3 Å². The Morgan fingerprint density at radius 3 is 2.45 bits per heavy atom. The molecular weight excluding hydrogens is 142 g/mol. The van der Waals surface area contributed by atoms with Gasteiger partial charge in [-0.3, -0.25) is 0 Å². The summed E-state index contributed by atoms with van der Waals surface area (Å²) in [7, 11) is 1.70. The largest absolute Gasteiger partial charge is 0.381 e. The fourth-order valence-corrected chi connectivity index (χ4v) is 1.48. The Morgan fingerprint density at radius 2 is 2.09 bits per heavy atom. The molecule has 11 heavy (non-hydrogen) atoms. The molecule has 1 rings (SSSR count). The first kappa shape index (κ1) is 8.68. The van der Waals surface area contributed by atoms with Crippen LogP contribution in [0.25, 0.3) is 0 Å². The predicted octanol–water partition coefficient (Wildman–Crippen LogP) is 0.472. The van der Waals surface area contributed by atoms with E-state index in [9.17, 15) is 4.79 Å². The Hall–Kier alpha value is -0.410. The molecule has 0 aromatic heterocycles. The van der Waals surface area contributed by atoms with Crippen LogP contribution >= 0.6 is 0 Å². The molecule has 1 aliphatic rings. The summed E-state index contributed by atoms with van der Waals surface area (Å²) in [4.78, 5) is 10.5. The van der Waals surface area contributed by atoms with Gasteiger partial charge in [0.1, 0.15) is 6.29 Å². The van der Waals surface area contributed by atoms with E-state index < -0.39 is 5.54 Å². The van der Waals surface area contributed by atoms with Crippen molar-refractivity contribution in [1.82, 2.24) is 0 Å². The van der Waals surface area contributed by atoms with Gasteiger partial charge in [0.2, 0.25) is 0 Å². The summed E-state index contributed by atoms with van der Waals surface area (Å²) in [6, 6.07) is 0. The second kappa shape index (κ2) is 3.32. The summed E-state index contributed by atoms with van der Waals surface area (Å²) in [5, 5.41) is 0. The Labute approximate surface area is 66.9 Å². The molecule has 1 fully saturated rings. The molecule has 0 radical (unpaired) electrons. The fourth-order valence-electron chi connectivity index (χ4n) is 1.48. The van der Waals surface area contributed by atoms with Gasteiger partial charge in [0, 0.05) is 7.11 Å². The van der Waals surface area contributed by atoms with E-state index in [1.54, 1.807) is 7.11 Å². The van der Waals surface area contributed by atoms with E-state index in [0.717, 1.165) is 32.0 Å². The quantitative estimate of drug-likeness (QED) is 0.593. The first-order valence-corrected chi connectivity index (χ1v) is 3.98. The lowest BCUT2D eigenvalue weighted by Gasteiger charge is -2.31. The molecule has 0 unspecified atom stereocenters. The Bertz CT molecular complexity index is 139. The molecule has 2 N–H and O–H groups in total.